The number of rotatable bonds is 1. The van der Waals surface area contributed by atoms with Crippen molar-refractivity contribution in [3.05, 3.63) is 23.8 Å². The van der Waals surface area contributed by atoms with Gasteiger partial charge in [0.15, 0.2) is 5.75 Å². The van der Waals surface area contributed by atoms with E-state index in [1.165, 1.54) is 19.3 Å². The highest BCUT2D eigenvalue weighted by atomic mass is 16.5. The number of amides is 1. The van der Waals surface area contributed by atoms with Gasteiger partial charge in [0.1, 0.15) is 6.61 Å². The molecule has 2 bridgehead atoms. The summed E-state index contributed by atoms with van der Waals surface area (Å²) in [7, 11) is 0. The Hall–Kier alpha value is -1.71. The Balaban J connectivity index is 1.67. The SMILES string of the molecule is O=C(c1cccc2c1OCCN2)N1CC2CCC1C2. The number of carbonyl (C=O) groups excluding carboxylic acids is 1. The first-order chi connectivity index (χ1) is 9.33. The minimum Gasteiger partial charge on any atom is -0.489 e. The molecule has 1 saturated heterocycles. The maximum atomic E-state index is 12.7. The van der Waals surface area contributed by atoms with Crippen LogP contribution in [0.4, 0.5) is 5.69 Å². The van der Waals surface area contributed by atoms with Crippen molar-refractivity contribution in [3.63, 3.8) is 0 Å². The molecule has 0 spiro atoms. The Kier molecular flexibility index (Phi) is 2.43. The van der Waals surface area contributed by atoms with E-state index >= 15 is 0 Å². The molecule has 4 heteroatoms. The lowest BCUT2D eigenvalue weighted by molar-refractivity contribution is 0.0699. The number of nitrogens with zero attached hydrogens (tertiary/aromatic N) is 1. The Labute approximate surface area is 112 Å². The second kappa shape index (κ2) is 4.15. The zero-order valence-electron chi connectivity index (χ0n) is 10.9. The summed E-state index contributed by atoms with van der Waals surface area (Å²) in [6.45, 7) is 2.36. The van der Waals surface area contributed by atoms with Gasteiger partial charge in [-0.05, 0) is 37.3 Å². The predicted molar refractivity (Wildman–Crippen MR) is 72.6 cm³/mol. The number of nitrogens with one attached hydrogen (secondary N) is 1. The van der Waals surface area contributed by atoms with Gasteiger partial charge in [-0.3, -0.25) is 4.79 Å². The van der Waals surface area contributed by atoms with Crippen molar-refractivity contribution in [1.29, 1.82) is 0 Å². The van der Waals surface area contributed by atoms with Gasteiger partial charge in [-0.1, -0.05) is 6.07 Å². The number of hydrogen-bond acceptors (Lipinski definition) is 3. The summed E-state index contributed by atoms with van der Waals surface area (Å²) in [5.41, 5.74) is 1.67. The van der Waals surface area contributed by atoms with E-state index in [9.17, 15) is 4.79 Å². The molecule has 2 unspecified atom stereocenters. The molecular weight excluding hydrogens is 240 g/mol. The van der Waals surface area contributed by atoms with Crippen molar-refractivity contribution >= 4 is 11.6 Å². The van der Waals surface area contributed by atoms with Crippen LogP contribution in [0.1, 0.15) is 29.6 Å². The van der Waals surface area contributed by atoms with Gasteiger partial charge < -0.3 is 15.0 Å². The monoisotopic (exact) mass is 258 g/mol. The zero-order valence-corrected chi connectivity index (χ0v) is 10.9. The third kappa shape index (κ3) is 1.70. The van der Waals surface area contributed by atoms with E-state index in [0.29, 0.717) is 12.6 Å². The minimum atomic E-state index is 0.146. The molecule has 2 aliphatic heterocycles. The highest BCUT2D eigenvalue weighted by Crippen LogP contribution is 2.40. The fourth-order valence-electron chi connectivity index (χ4n) is 3.67. The molecule has 2 heterocycles. The van der Waals surface area contributed by atoms with Crippen LogP contribution in [0, 0.1) is 5.92 Å². The second-order valence-corrected chi connectivity index (χ2v) is 5.75. The van der Waals surface area contributed by atoms with Gasteiger partial charge in [-0.15, -0.1) is 0 Å². The summed E-state index contributed by atoms with van der Waals surface area (Å²) in [6.07, 6.45) is 3.66. The van der Waals surface area contributed by atoms with Crippen LogP contribution >= 0.6 is 0 Å². The molecule has 1 aromatic rings. The molecule has 1 aliphatic carbocycles. The molecule has 2 fully saturated rings. The highest BCUT2D eigenvalue weighted by molar-refractivity contribution is 5.99. The molecule has 1 N–H and O–H groups in total. The molecule has 3 aliphatic rings. The van der Waals surface area contributed by atoms with Gasteiger partial charge in [0, 0.05) is 19.1 Å². The Bertz CT molecular complexity index is 529. The molecule has 1 saturated carbocycles. The summed E-state index contributed by atoms with van der Waals surface area (Å²) in [6, 6.07) is 6.26. The van der Waals surface area contributed by atoms with Crippen LogP contribution in [0.5, 0.6) is 5.75 Å². The number of piperidine rings is 1. The van der Waals surface area contributed by atoms with Gasteiger partial charge in [0.05, 0.1) is 11.3 Å². The van der Waals surface area contributed by atoms with E-state index < -0.39 is 0 Å². The molecule has 100 valence electrons. The smallest absolute Gasteiger partial charge is 0.257 e. The van der Waals surface area contributed by atoms with Crippen molar-refractivity contribution in [3.8, 4) is 5.75 Å². The predicted octanol–water partition coefficient (Wildman–Crippen LogP) is 2.12. The van der Waals surface area contributed by atoms with Crippen molar-refractivity contribution in [1.82, 2.24) is 4.90 Å². The third-order valence-electron chi connectivity index (χ3n) is 4.58. The topological polar surface area (TPSA) is 41.6 Å². The van der Waals surface area contributed by atoms with E-state index in [1.54, 1.807) is 0 Å². The van der Waals surface area contributed by atoms with Gasteiger partial charge in [0.2, 0.25) is 0 Å². The normalized spacial score (nSPS) is 27.7. The summed E-state index contributed by atoms with van der Waals surface area (Å²) in [5, 5.41) is 3.29. The summed E-state index contributed by atoms with van der Waals surface area (Å²) >= 11 is 0. The number of anilines is 1. The lowest BCUT2D eigenvalue weighted by Gasteiger charge is -2.29. The molecule has 2 atom stereocenters. The van der Waals surface area contributed by atoms with Crippen molar-refractivity contribution in [2.75, 3.05) is 25.0 Å². The van der Waals surface area contributed by atoms with Crippen LogP contribution in [0.2, 0.25) is 0 Å². The number of fused-ring (bicyclic) bond motifs is 3. The van der Waals surface area contributed by atoms with E-state index in [-0.39, 0.29) is 5.91 Å². The quantitative estimate of drug-likeness (QED) is 0.839. The van der Waals surface area contributed by atoms with E-state index in [0.717, 1.165) is 36.0 Å². The first-order valence-corrected chi connectivity index (χ1v) is 7.13. The summed E-state index contributed by atoms with van der Waals surface area (Å²) in [4.78, 5) is 14.8. The van der Waals surface area contributed by atoms with Crippen LogP contribution in [-0.2, 0) is 0 Å². The average molecular weight is 258 g/mol. The van der Waals surface area contributed by atoms with Crippen LogP contribution in [0.25, 0.3) is 0 Å². The van der Waals surface area contributed by atoms with Crippen LogP contribution in [0.3, 0.4) is 0 Å². The van der Waals surface area contributed by atoms with Gasteiger partial charge in [0.25, 0.3) is 5.91 Å². The average Bonchev–Trinajstić information content (AvgIpc) is 3.08. The molecular formula is C15H18N2O2. The standard InChI is InChI=1S/C15H18N2O2/c18-15(17-9-10-4-5-11(17)8-10)12-2-1-3-13-14(12)19-7-6-16-13/h1-3,10-11,16H,4-9H2. The Morgan fingerprint density at radius 3 is 3.11 bits per heavy atom. The number of para-hydroxylation sites is 1. The van der Waals surface area contributed by atoms with E-state index in [2.05, 4.69) is 10.2 Å². The number of benzene rings is 1. The summed E-state index contributed by atoms with van der Waals surface area (Å²) < 4.78 is 5.71. The molecule has 4 rings (SSSR count). The molecule has 1 aromatic carbocycles. The highest BCUT2D eigenvalue weighted by Gasteiger charge is 2.41. The fourth-order valence-corrected chi connectivity index (χ4v) is 3.67. The van der Waals surface area contributed by atoms with Crippen molar-refractivity contribution in [2.24, 2.45) is 5.92 Å². The molecule has 0 radical (unpaired) electrons. The first kappa shape index (κ1) is 11.1. The Morgan fingerprint density at radius 2 is 2.32 bits per heavy atom. The second-order valence-electron chi connectivity index (χ2n) is 5.75. The first-order valence-electron chi connectivity index (χ1n) is 7.13. The van der Waals surface area contributed by atoms with E-state index in [1.807, 2.05) is 18.2 Å². The van der Waals surface area contributed by atoms with Gasteiger partial charge in [-0.2, -0.15) is 0 Å². The van der Waals surface area contributed by atoms with E-state index in [4.69, 9.17) is 4.74 Å². The number of hydrogen-bond donors (Lipinski definition) is 1. The Morgan fingerprint density at radius 1 is 1.37 bits per heavy atom. The maximum absolute atomic E-state index is 12.7. The molecule has 1 amide bonds. The lowest BCUT2D eigenvalue weighted by atomic mass is 10.1. The fraction of sp³-hybridized carbons (Fsp3) is 0.533. The summed E-state index contributed by atoms with van der Waals surface area (Å²) in [5.74, 6) is 1.61. The number of likely N-dealkylation sites (tertiary alicyclic amines) is 1. The third-order valence-corrected chi connectivity index (χ3v) is 4.58. The molecule has 4 nitrogen and oxygen atoms in total. The van der Waals surface area contributed by atoms with Crippen LogP contribution < -0.4 is 10.1 Å². The van der Waals surface area contributed by atoms with Crippen molar-refractivity contribution in [2.45, 2.75) is 25.3 Å². The van der Waals surface area contributed by atoms with Crippen LogP contribution in [0.15, 0.2) is 18.2 Å². The largest absolute Gasteiger partial charge is 0.489 e. The minimum absolute atomic E-state index is 0.146. The van der Waals surface area contributed by atoms with Crippen molar-refractivity contribution < 1.29 is 9.53 Å². The number of ether oxygens (including phenoxy) is 1. The zero-order chi connectivity index (χ0) is 12.8. The van der Waals surface area contributed by atoms with Gasteiger partial charge in [-0.25, -0.2) is 0 Å². The van der Waals surface area contributed by atoms with Crippen LogP contribution in [-0.4, -0.2) is 36.5 Å². The number of carbonyl (C=O) groups is 1. The molecule has 0 aromatic heterocycles. The van der Waals surface area contributed by atoms with Gasteiger partial charge >= 0.3 is 0 Å². The molecule has 19 heavy (non-hydrogen) atoms. The lowest BCUT2D eigenvalue weighted by Crippen LogP contribution is -2.38. The maximum Gasteiger partial charge on any atom is 0.257 e.